The van der Waals surface area contributed by atoms with E-state index < -0.39 is 11.6 Å². The topological polar surface area (TPSA) is 85.1 Å². The minimum atomic E-state index is -0.729. The fraction of sp³-hybridized carbons (Fsp3) is 0.286. The normalized spacial score (nSPS) is 10.5. The molecule has 0 fully saturated rings. The van der Waals surface area contributed by atoms with Gasteiger partial charge in [-0.1, -0.05) is 0 Å². The van der Waals surface area contributed by atoms with Crippen LogP contribution >= 0.6 is 0 Å². The van der Waals surface area contributed by atoms with Crippen molar-refractivity contribution in [3.8, 4) is 0 Å². The van der Waals surface area contributed by atoms with Crippen LogP contribution in [0.5, 0.6) is 0 Å². The maximum atomic E-state index is 13.6. The van der Waals surface area contributed by atoms with Crippen molar-refractivity contribution < 1.29 is 13.5 Å². The van der Waals surface area contributed by atoms with E-state index in [0.29, 0.717) is 19.0 Å². The molecular weight excluding hydrogens is 292 g/mol. The van der Waals surface area contributed by atoms with Crippen LogP contribution in [0.3, 0.4) is 0 Å². The Bertz CT molecular complexity index is 639. The minimum Gasteiger partial charge on any atom is -0.393 e. The number of nitrogen functional groups attached to an aromatic ring is 1. The summed E-state index contributed by atoms with van der Waals surface area (Å²) in [6.45, 7) is 1.24. The molecule has 0 saturated heterocycles. The molecule has 0 amide bonds. The highest BCUT2D eigenvalue weighted by Gasteiger charge is 2.10. The molecule has 2 aromatic rings. The summed E-state index contributed by atoms with van der Waals surface area (Å²) < 4.78 is 31.5. The summed E-state index contributed by atoms with van der Waals surface area (Å²) >= 11 is 0. The molecule has 22 heavy (non-hydrogen) atoms. The van der Waals surface area contributed by atoms with Gasteiger partial charge in [0.1, 0.15) is 23.6 Å². The van der Waals surface area contributed by atoms with Gasteiger partial charge in [0, 0.05) is 26.3 Å². The van der Waals surface area contributed by atoms with Crippen LogP contribution in [-0.4, -0.2) is 30.2 Å². The van der Waals surface area contributed by atoms with Gasteiger partial charge in [-0.3, -0.25) is 0 Å². The van der Waals surface area contributed by atoms with Gasteiger partial charge in [0.2, 0.25) is 0 Å². The number of aromatic nitrogens is 2. The maximum absolute atomic E-state index is 13.6. The number of ether oxygens (including phenoxy) is 1. The Morgan fingerprint density at radius 2 is 2.00 bits per heavy atom. The molecule has 0 bridgehead atoms. The van der Waals surface area contributed by atoms with Crippen molar-refractivity contribution in [2.45, 2.75) is 6.42 Å². The predicted molar refractivity (Wildman–Crippen MR) is 81.1 cm³/mol. The Morgan fingerprint density at radius 1 is 1.23 bits per heavy atom. The van der Waals surface area contributed by atoms with Crippen LogP contribution in [0.15, 0.2) is 24.5 Å². The third-order valence-corrected chi connectivity index (χ3v) is 2.89. The number of methoxy groups -OCH3 is 1. The van der Waals surface area contributed by atoms with E-state index in [4.69, 9.17) is 10.5 Å². The standard InChI is InChI=1S/C14H17F2N5O/c1-22-6-2-5-18-13-12(17)14(20-8-19-13)21-11-4-3-9(15)7-10(11)16/h3-4,7-8H,2,5-6,17H2,1H3,(H2,18,19,20,21). The summed E-state index contributed by atoms with van der Waals surface area (Å²) in [6, 6.07) is 3.20. The van der Waals surface area contributed by atoms with Crippen LogP contribution in [0.25, 0.3) is 0 Å². The number of hydrogen-bond donors (Lipinski definition) is 3. The van der Waals surface area contributed by atoms with Gasteiger partial charge in [0.05, 0.1) is 5.69 Å². The van der Waals surface area contributed by atoms with Crippen molar-refractivity contribution in [1.29, 1.82) is 0 Å². The zero-order valence-corrected chi connectivity index (χ0v) is 12.1. The second-order valence-corrected chi connectivity index (χ2v) is 4.51. The summed E-state index contributed by atoms with van der Waals surface area (Å²) in [5.74, 6) is -0.697. The SMILES string of the molecule is COCCCNc1ncnc(Nc2ccc(F)cc2F)c1N. The maximum Gasteiger partial charge on any atom is 0.159 e. The van der Waals surface area contributed by atoms with E-state index >= 15 is 0 Å². The lowest BCUT2D eigenvalue weighted by molar-refractivity contribution is 0.198. The zero-order valence-electron chi connectivity index (χ0n) is 12.1. The smallest absolute Gasteiger partial charge is 0.159 e. The Morgan fingerprint density at radius 3 is 2.73 bits per heavy atom. The monoisotopic (exact) mass is 309 g/mol. The average molecular weight is 309 g/mol. The number of nitrogens with two attached hydrogens (primary N) is 1. The number of nitrogens with one attached hydrogen (secondary N) is 2. The summed E-state index contributed by atoms with van der Waals surface area (Å²) in [6.07, 6.45) is 2.09. The third-order valence-electron chi connectivity index (χ3n) is 2.89. The lowest BCUT2D eigenvalue weighted by atomic mass is 10.3. The van der Waals surface area contributed by atoms with E-state index in [0.717, 1.165) is 18.6 Å². The van der Waals surface area contributed by atoms with Gasteiger partial charge in [0.15, 0.2) is 11.6 Å². The van der Waals surface area contributed by atoms with Crippen LogP contribution in [0, 0.1) is 11.6 Å². The first-order valence-corrected chi connectivity index (χ1v) is 6.67. The van der Waals surface area contributed by atoms with Gasteiger partial charge in [-0.25, -0.2) is 18.7 Å². The van der Waals surface area contributed by atoms with Gasteiger partial charge >= 0.3 is 0 Å². The van der Waals surface area contributed by atoms with Gasteiger partial charge in [-0.15, -0.1) is 0 Å². The quantitative estimate of drug-likeness (QED) is 0.682. The molecule has 0 spiro atoms. The molecule has 0 aliphatic rings. The van der Waals surface area contributed by atoms with Crippen molar-refractivity contribution in [2.24, 2.45) is 0 Å². The van der Waals surface area contributed by atoms with Gasteiger partial charge < -0.3 is 21.1 Å². The first-order valence-electron chi connectivity index (χ1n) is 6.67. The molecule has 0 unspecified atom stereocenters. The fourth-order valence-electron chi connectivity index (χ4n) is 1.78. The molecular formula is C14H17F2N5O. The molecule has 0 aliphatic carbocycles. The van der Waals surface area contributed by atoms with Gasteiger partial charge in [-0.05, 0) is 18.6 Å². The van der Waals surface area contributed by atoms with E-state index in [1.807, 2.05) is 0 Å². The Labute approximate surface area is 126 Å². The van der Waals surface area contributed by atoms with Crippen LogP contribution < -0.4 is 16.4 Å². The molecule has 0 radical (unpaired) electrons. The molecule has 0 aliphatic heterocycles. The van der Waals surface area contributed by atoms with E-state index in [2.05, 4.69) is 20.6 Å². The van der Waals surface area contributed by atoms with Crippen LogP contribution in [0.4, 0.5) is 31.8 Å². The Kier molecular flexibility index (Phi) is 5.42. The fourth-order valence-corrected chi connectivity index (χ4v) is 1.78. The Hall–Kier alpha value is -2.48. The molecule has 8 heteroatoms. The number of rotatable bonds is 7. The number of benzene rings is 1. The number of hydrogen-bond acceptors (Lipinski definition) is 6. The molecule has 2 rings (SSSR count). The lowest BCUT2D eigenvalue weighted by Crippen LogP contribution is -2.10. The van der Waals surface area contributed by atoms with Crippen LogP contribution in [0.1, 0.15) is 6.42 Å². The van der Waals surface area contributed by atoms with Crippen molar-refractivity contribution >= 4 is 23.0 Å². The number of anilines is 4. The van der Waals surface area contributed by atoms with E-state index in [-0.39, 0.29) is 17.2 Å². The van der Waals surface area contributed by atoms with E-state index in [1.54, 1.807) is 7.11 Å². The molecule has 4 N–H and O–H groups in total. The summed E-state index contributed by atoms with van der Waals surface area (Å²) in [5.41, 5.74) is 6.28. The highest BCUT2D eigenvalue weighted by Crippen LogP contribution is 2.27. The minimum absolute atomic E-state index is 0.0807. The van der Waals surface area contributed by atoms with E-state index in [9.17, 15) is 8.78 Å². The van der Waals surface area contributed by atoms with Crippen LogP contribution in [-0.2, 0) is 4.74 Å². The lowest BCUT2D eigenvalue weighted by Gasteiger charge is -2.12. The number of nitrogens with zero attached hydrogens (tertiary/aromatic N) is 2. The van der Waals surface area contributed by atoms with Crippen molar-refractivity contribution in [2.75, 3.05) is 36.6 Å². The highest BCUT2D eigenvalue weighted by atomic mass is 19.1. The largest absolute Gasteiger partial charge is 0.393 e. The van der Waals surface area contributed by atoms with E-state index in [1.165, 1.54) is 12.4 Å². The molecule has 1 heterocycles. The summed E-state index contributed by atoms with van der Waals surface area (Å²) in [5, 5.41) is 5.77. The molecule has 1 aromatic carbocycles. The van der Waals surface area contributed by atoms with Crippen molar-refractivity contribution in [3.05, 3.63) is 36.2 Å². The number of halogens is 2. The molecule has 118 valence electrons. The third kappa shape index (κ3) is 4.01. The second kappa shape index (κ2) is 7.51. The molecule has 0 atom stereocenters. The first kappa shape index (κ1) is 15.9. The zero-order chi connectivity index (χ0) is 15.9. The molecule has 1 aromatic heterocycles. The highest BCUT2D eigenvalue weighted by molar-refractivity contribution is 5.77. The Balaban J connectivity index is 2.11. The van der Waals surface area contributed by atoms with Crippen molar-refractivity contribution in [1.82, 2.24) is 9.97 Å². The first-order chi connectivity index (χ1) is 10.6. The summed E-state index contributed by atoms with van der Waals surface area (Å²) in [7, 11) is 1.62. The van der Waals surface area contributed by atoms with Crippen LogP contribution in [0.2, 0.25) is 0 Å². The molecule has 0 saturated carbocycles. The average Bonchev–Trinajstić information content (AvgIpc) is 2.49. The van der Waals surface area contributed by atoms with Gasteiger partial charge in [0.25, 0.3) is 0 Å². The molecule has 6 nitrogen and oxygen atoms in total. The van der Waals surface area contributed by atoms with Crippen molar-refractivity contribution in [3.63, 3.8) is 0 Å². The predicted octanol–water partition coefficient (Wildman–Crippen LogP) is 2.53. The summed E-state index contributed by atoms with van der Waals surface area (Å²) in [4.78, 5) is 8.00. The van der Waals surface area contributed by atoms with Gasteiger partial charge in [-0.2, -0.15) is 0 Å². The second-order valence-electron chi connectivity index (χ2n) is 4.51.